The average Bonchev–Trinajstić information content (AvgIpc) is 3.12. The van der Waals surface area contributed by atoms with Crippen molar-refractivity contribution in [1.29, 1.82) is 0 Å². The largest absolute Gasteiger partial charge is 0.362 e. The van der Waals surface area contributed by atoms with E-state index in [-0.39, 0.29) is 11.4 Å². The molecule has 8 nitrogen and oxygen atoms in total. The lowest BCUT2D eigenvalue weighted by atomic mass is 10.1. The summed E-state index contributed by atoms with van der Waals surface area (Å²) < 4.78 is 41.2. The highest BCUT2D eigenvalue weighted by Crippen LogP contribution is 2.20. The van der Waals surface area contributed by atoms with E-state index in [1.54, 1.807) is 36.6 Å². The summed E-state index contributed by atoms with van der Waals surface area (Å²) in [7, 11) is 1.60. The third-order valence-corrected chi connectivity index (χ3v) is 4.35. The van der Waals surface area contributed by atoms with Crippen LogP contribution in [0.15, 0.2) is 47.5 Å². The Morgan fingerprint density at radius 1 is 1.23 bits per heavy atom. The van der Waals surface area contributed by atoms with Gasteiger partial charge in [0.15, 0.2) is 0 Å². The first kappa shape index (κ1) is 21.5. The molecule has 2 heterocycles. The van der Waals surface area contributed by atoms with Crippen molar-refractivity contribution in [2.75, 3.05) is 0 Å². The van der Waals surface area contributed by atoms with Crippen LogP contribution in [0.25, 0.3) is 16.9 Å². The number of carbonyl (C=O) groups excluding carboxylic acids is 1. The van der Waals surface area contributed by atoms with Gasteiger partial charge in [-0.05, 0) is 18.2 Å². The van der Waals surface area contributed by atoms with Crippen LogP contribution in [0.1, 0.15) is 10.4 Å². The molecular weight excluding hydrogens is 427 g/mol. The lowest BCUT2D eigenvalue weighted by Gasteiger charge is -2.18. The zero-order valence-corrected chi connectivity index (χ0v) is 16.1. The van der Waals surface area contributed by atoms with E-state index in [1.807, 2.05) is 0 Å². The Morgan fingerprint density at radius 3 is 2.43 bits per heavy atom. The zero-order valence-electron chi connectivity index (χ0n) is 15.3. The third kappa shape index (κ3) is 4.52. The third-order valence-electron chi connectivity index (χ3n) is 4.10. The molecule has 12 heteroatoms. The second-order valence-electron chi connectivity index (χ2n) is 6.25. The first-order valence-electron chi connectivity index (χ1n) is 8.48. The minimum absolute atomic E-state index is 0.148. The van der Waals surface area contributed by atoms with Crippen LogP contribution in [0.4, 0.5) is 13.2 Å². The standard InChI is InChI=1S/C18H15ClF3N5O3/c1-26-8-11(7-23-26)27-18(30)12(17(29)24-14(15(20)21)16(22)28)6-13(25-27)9-2-4-10(19)5-3-9/h2-8,14-16,28H,1H3,(H,24,29)/t14-,16?/m1/s1. The van der Waals surface area contributed by atoms with Gasteiger partial charge in [0, 0.05) is 17.6 Å². The Kier molecular flexibility index (Phi) is 6.22. The SMILES string of the molecule is Cn1cc(-n2nc(-c3ccc(Cl)cc3)cc(C(=O)N[C@@H](C(O)F)C(F)F)c2=O)cn1. The number of nitrogens with one attached hydrogen (secondary N) is 1. The Morgan fingerprint density at radius 2 is 1.90 bits per heavy atom. The van der Waals surface area contributed by atoms with Crippen LogP contribution in [0.2, 0.25) is 5.02 Å². The van der Waals surface area contributed by atoms with E-state index in [0.717, 1.165) is 10.7 Å². The number of benzene rings is 1. The maximum absolute atomic E-state index is 13.1. The number of hydrogen-bond donors (Lipinski definition) is 2. The van der Waals surface area contributed by atoms with Gasteiger partial charge in [0.25, 0.3) is 17.9 Å². The minimum atomic E-state index is -3.40. The number of halogens is 4. The fourth-order valence-corrected chi connectivity index (χ4v) is 2.72. The fraction of sp³-hybridized carbons (Fsp3) is 0.222. The minimum Gasteiger partial charge on any atom is -0.362 e. The lowest BCUT2D eigenvalue weighted by molar-refractivity contribution is -0.0481. The van der Waals surface area contributed by atoms with Crippen LogP contribution in [-0.4, -0.2) is 49.4 Å². The quantitative estimate of drug-likeness (QED) is 0.608. The summed E-state index contributed by atoms with van der Waals surface area (Å²) in [6, 6.07) is 4.86. The number of amides is 1. The van der Waals surface area contributed by atoms with Gasteiger partial charge in [-0.1, -0.05) is 23.7 Å². The second-order valence-corrected chi connectivity index (χ2v) is 6.68. The highest BCUT2D eigenvalue weighted by atomic mass is 35.5. The number of nitrogens with zero attached hydrogens (tertiary/aromatic N) is 4. The van der Waals surface area contributed by atoms with Crippen molar-refractivity contribution in [3.8, 4) is 16.9 Å². The van der Waals surface area contributed by atoms with Gasteiger partial charge in [-0.2, -0.15) is 14.9 Å². The monoisotopic (exact) mass is 441 g/mol. The molecule has 0 aliphatic rings. The van der Waals surface area contributed by atoms with Gasteiger partial charge in [0.1, 0.15) is 17.3 Å². The topological polar surface area (TPSA) is 102 Å². The van der Waals surface area contributed by atoms with Gasteiger partial charge in [-0.15, -0.1) is 0 Å². The van der Waals surface area contributed by atoms with Gasteiger partial charge < -0.3 is 10.4 Å². The molecule has 1 amide bonds. The first-order chi connectivity index (χ1) is 14.2. The predicted molar refractivity (Wildman–Crippen MR) is 101 cm³/mol. The van der Waals surface area contributed by atoms with E-state index < -0.39 is 35.9 Å². The van der Waals surface area contributed by atoms with Crippen molar-refractivity contribution in [2.45, 2.75) is 18.8 Å². The maximum atomic E-state index is 13.1. The number of alkyl halides is 3. The van der Waals surface area contributed by atoms with Crippen molar-refractivity contribution in [2.24, 2.45) is 7.05 Å². The highest BCUT2D eigenvalue weighted by molar-refractivity contribution is 6.30. The molecule has 0 saturated heterocycles. The molecule has 0 radical (unpaired) electrons. The average molecular weight is 442 g/mol. The Balaban J connectivity index is 2.13. The molecule has 1 aromatic carbocycles. The predicted octanol–water partition coefficient (Wildman–Crippen LogP) is 1.94. The molecule has 30 heavy (non-hydrogen) atoms. The van der Waals surface area contributed by atoms with Crippen molar-refractivity contribution in [1.82, 2.24) is 24.9 Å². The molecule has 2 N–H and O–H groups in total. The van der Waals surface area contributed by atoms with E-state index in [0.29, 0.717) is 10.6 Å². The molecule has 0 saturated carbocycles. The summed E-state index contributed by atoms with van der Waals surface area (Å²) in [5, 5.41) is 19.1. The molecule has 0 spiro atoms. The molecule has 3 rings (SSSR count). The van der Waals surface area contributed by atoms with Crippen LogP contribution >= 0.6 is 11.6 Å². The fourth-order valence-electron chi connectivity index (χ4n) is 2.59. The van der Waals surface area contributed by atoms with Crippen LogP contribution < -0.4 is 10.9 Å². The van der Waals surface area contributed by atoms with Crippen LogP contribution in [0, 0.1) is 0 Å². The maximum Gasteiger partial charge on any atom is 0.284 e. The molecule has 2 atom stereocenters. The molecule has 3 aromatic rings. The summed E-state index contributed by atoms with van der Waals surface area (Å²) in [6.07, 6.45) is -3.65. The van der Waals surface area contributed by atoms with E-state index in [9.17, 15) is 22.8 Å². The van der Waals surface area contributed by atoms with Crippen molar-refractivity contribution >= 4 is 17.5 Å². The van der Waals surface area contributed by atoms with Crippen LogP contribution in [0.3, 0.4) is 0 Å². The van der Waals surface area contributed by atoms with Gasteiger partial charge in [0.05, 0.1) is 18.1 Å². The van der Waals surface area contributed by atoms with Gasteiger partial charge in [-0.3, -0.25) is 14.3 Å². The number of aliphatic hydroxyl groups excluding tert-OH is 1. The molecule has 0 aliphatic carbocycles. The second kappa shape index (κ2) is 8.67. The number of aliphatic hydroxyl groups is 1. The highest BCUT2D eigenvalue weighted by Gasteiger charge is 2.31. The number of rotatable bonds is 6. The normalized spacial score (nSPS) is 13.3. The molecule has 158 valence electrons. The first-order valence-corrected chi connectivity index (χ1v) is 8.85. The number of carbonyl (C=O) groups is 1. The summed E-state index contributed by atoms with van der Waals surface area (Å²) >= 11 is 5.87. The molecular formula is C18H15ClF3N5O3. The van der Waals surface area contributed by atoms with E-state index in [1.165, 1.54) is 17.1 Å². The molecule has 2 aromatic heterocycles. The summed E-state index contributed by atoms with van der Waals surface area (Å²) in [5.41, 5.74) is -0.690. The Bertz CT molecular complexity index is 1110. The lowest BCUT2D eigenvalue weighted by Crippen LogP contribution is -2.48. The van der Waals surface area contributed by atoms with Crippen LogP contribution in [-0.2, 0) is 7.05 Å². The van der Waals surface area contributed by atoms with Gasteiger partial charge in [0.2, 0.25) is 6.36 Å². The zero-order chi connectivity index (χ0) is 22.0. The number of aromatic nitrogens is 4. The Hall–Kier alpha value is -3.18. The summed E-state index contributed by atoms with van der Waals surface area (Å²) in [6.45, 7) is 0. The van der Waals surface area contributed by atoms with E-state index in [4.69, 9.17) is 16.7 Å². The van der Waals surface area contributed by atoms with Crippen molar-refractivity contribution < 1.29 is 23.1 Å². The van der Waals surface area contributed by atoms with Crippen molar-refractivity contribution in [3.05, 3.63) is 63.7 Å². The molecule has 0 aliphatic heterocycles. The number of hydrogen-bond acceptors (Lipinski definition) is 5. The smallest absolute Gasteiger partial charge is 0.284 e. The van der Waals surface area contributed by atoms with Crippen LogP contribution in [0.5, 0.6) is 0 Å². The Labute approximate surface area is 172 Å². The van der Waals surface area contributed by atoms with Gasteiger partial charge >= 0.3 is 0 Å². The van der Waals surface area contributed by atoms with E-state index in [2.05, 4.69) is 10.2 Å². The molecule has 0 bridgehead atoms. The van der Waals surface area contributed by atoms with E-state index >= 15 is 0 Å². The molecule has 1 unspecified atom stereocenters. The summed E-state index contributed by atoms with van der Waals surface area (Å²) in [5.74, 6) is -1.29. The number of aryl methyl sites for hydroxylation is 1. The summed E-state index contributed by atoms with van der Waals surface area (Å²) in [4.78, 5) is 25.3. The van der Waals surface area contributed by atoms with Crippen molar-refractivity contribution in [3.63, 3.8) is 0 Å². The molecule has 0 fully saturated rings. The van der Waals surface area contributed by atoms with Gasteiger partial charge in [-0.25, -0.2) is 13.2 Å².